The van der Waals surface area contributed by atoms with Gasteiger partial charge in [-0.15, -0.1) is 0 Å². The maximum atomic E-state index is 13.3. The minimum Gasteiger partial charge on any atom is -0.377 e. The van der Waals surface area contributed by atoms with E-state index in [1.54, 1.807) is 19.9 Å². The van der Waals surface area contributed by atoms with Gasteiger partial charge in [0.25, 0.3) is 10.2 Å². The normalized spacial score (nSPS) is 22.3. The van der Waals surface area contributed by atoms with E-state index >= 15 is 0 Å². The number of halogens is 1. The molecule has 2 N–H and O–H groups in total. The fourth-order valence-electron chi connectivity index (χ4n) is 2.97. The number of aryl methyl sites for hydroxylation is 1. The first-order valence-corrected chi connectivity index (χ1v) is 9.56. The molecule has 1 aromatic carbocycles. The van der Waals surface area contributed by atoms with Gasteiger partial charge in [-0.25, -0.2) is 4.39 Å². The molecule has 2 heterocycles. The average molecular weight is 406 g/mol. The van der Waals surface area contributed by atoms with Gasteiger partial charge in [0.2, 0.25) is 5.91 Å². The second-order valence-electron chi connectivity index (χ2n) is 6.96. The van der Waals surface area contributed by atoms with E-state index in [0.29, 0.717) is 30.9 Å². The number of hydrogen-bond donors (Lipinski definition) is 2. The Balaban J connectivity index is 0.00000243. The number of amides is 1. The van der Waals surface area contributed by atoms with Gasteiger partial charge < -0.3 is 10.1 Å². The largest absolute Gasteiger partial charge is 0.377 e. The smallest absolute Gasteiger partial charge is 0.280 e. The average Bonchev–Trinajstić information content (AvgIpc) is 3.00. The van der Waals surface area contributed by atoms with Gasteiger partial charge in [-0.1, -0.05) is 0 Å². The van der Waals surface area contributed by atoms with Crippen molar-refractivity contribution in [1.82, 2.24) is 9.03 Å². The number of carbonyl (C=O) groups excluding carboxylic acids is 1. The zero-order chi connectivity index (χ0) is 18.2. The summed E-state index contributed by atoms with van der Waals surface area (Å²) in [4.78, 5) is 12.4. The van der Waals surface area contributed by atoms with Crippen LogP contribution in [0.1, 0.15) is 18.9 Å². The molecule has 2 aliphatic rings. The van der Waals surface area contributed by atoms with E-state index in [2.05, 4.69) is 10.0 Å². The van der Waals surface area contributed by atoms with Crippen molar-refractivity contribution >= 4 is 35.3 Å². The van der Waals surface area contributed by atoms with E-state index in [-0.39, 0.29) is 38.3 Å². The molecule has 1 aromatic rings. The first-order chi connectivity index (χ1) is 11.7. The SMILES string of the molecule is Cc1cc(NC(=O)[C@H]2CCN(S(=O)(=O)NC3(C)COC3)C2)ccc1F.S. The van der Waals surface area contributed by atoms with Gasteiger partial charge in [0, 0.05) is 18.8 Å². The lowest BCUT2D eigenvalue weighted by Gasteiger charge is -2.39. The number of benzene rings is 1. The van der Waals surface area contributed by atoms with Crippen molar-refractivity contribution in [2.24, 2.45) is 5.92 Å². The Labute approximate surface area is 159 Å². The van der Waals surface area contributed by atoms with Crippen molar-refractivity contribution in [3.05, 3.63) is 29.6 Å². The summed E-state index contributed by atoms with van der Waals surface area (Å²) in [6, 6.07) is 4.33. The molecule has 10 heteroatoms. The van der Waals surface area contributed by atoms with Gasteiger partial charge in [0.15, 0.2) is 0 Å². The number of anilines is 1. The van der Waals surface area contributed by atoms with Gasteiger partial charge in [-0.2, -0.15) is 30.9 Å². The van der Waals surface area contributed by atoms with Crippen molar-refractivity contribution in [2.75, 3.05) is 31.6 Å². The standard InChI is InChI=1S/C16H22FN3O4S.H2S/c1-11-7-13(3-4-14(11)17)18-15(21)12-5-6-20(8-12)25(22,23)19-16(2)9-24-10-16;/h3-4,7,12,19H,5-6,8-10H2,1-2H3,(H,18,21);1H2/t12-;/m0./s1. The third-order valence-electron chi connectivity index (χ3n) is 4.50. The summed E-state index contributed by atoms with van der Waals surface area (Å²) in [5.74, 6) is -1.04. The van der Waals surface area contributed by atoms with Crippen LogP contribution in [0, 0.1) is 18.7 Å². The van der Waals surface area contributed by atoms with Crippen LogP contribution in [0.5, 0.6) is 0 Å². The summed E-state index contributed by atoms with van der Waals surface area (Å²) in [5, 5.41) is 2.73. The van der Waals surface area contributed by atoms with Crippen molar-refractivity contribution in [2.45, 2.75) is 25.8 Å². The van der Waals surface area contributed by atoms with Crippen LogP contribution in [0.25, 0.3) is 0 Å². The van der Waals surface area contributed by atoms with Gasteiger partial charge in [0.05, 0.1) is 24.7 Å². The summed E-state index contributed by atoms with van der Waals surface area (Å²) in [5.41, 5.74) is 0.362. The van der Waals surface area contributed by atoms with Crippen molar-refractivity contribution in [1.29, 1.82) is 0 Å². The molecule has 3 rings (SSSR count). The highest BCUT2D eigenvalue weighted by Gasteiger charge is 2.42. The molecule has 1 amide bonds. The molecule has 26 heavy (non-hydrogen) atoms. The van der Waals surface area contributed by atoms with Crippen LogP contribution in [0.2, 0.25) is 0 Å². The van der Waals surface area contributed by atoms with Crippen LogP contribution in [0.15, 0.2) is 18.2 Å². The summed E-state index contributed by atoms with van der Waals surface area (Å²) >= 11 is 0. The molecule has 0 aliphatic carbocycles. The van der Waals surface area contributed by atoms with Crippen molar-refractivity contribution in [3.8, 4) is 0 Å². The molecule has 2 aliphatic heterocycles. The van der Waals surface area contributed by atoms with Crippen LogP contribution in [-0.2, 0) is 19.7 Å². The van der Waals surface area contributed by atoms with Gasteiger partial charge in [0.1, 0.15) is 5.82 Å². The number of rotatable bonds is 5. The van der Waals surface area contributed by atoms with E-state index in [0.717, 1.165) is 0 Å². The van der Waals surface area contributed by atoms with Gasteiger partial charge in [-0.05, 0) is 44.0 Å². The fourth-order valence-corrected chi connectivity index (χ4v) is 4.56. The van der Waals surface area contributed by atoms with Crippen LogP contribution in [0.3, 0.4) is 0 Å². The van der Waals surface area contributed by atoms with E-state index in [1.165, 1.54) is 16.4 Å². The monoisotopic (exact) mass is 405 g/mol. The van der Waals surface area contributed by atoms with Gasteiger partial charge in [-0.3, -0.25) is 4.79 Å². The molecule has 0 unspecified atom stereocenters. The van der Waals surface area contributed by atoms with Crippen LogP contribution in [0.4, 0.5) is 10.1 Å². The van der Waals surface area contributed by atoms with E-state index in [4.69, 9.17) is 4.74 Å². The summed E-state index contributed by atoms with van der Waals surface area (Å²) < 4.78 is 47.1. The summed E-state index contributed by atoms with van der Waals surface area (Å²) in [6.07, 6.45) is 0.445. The van der Waals surface area contributed by atoms with Gasteiger partial charge >= 0.3 is 0 Å². The van der Waals surface area contributed by atoms with Crippen molar-refractivity contribution < 1.29 is 22.3 Å². The minimum absolute atomic E-state index is 0. The molecule has 0 spiro atoms. The molecular weight excluding hydrogens is 381 g/mol. The van der Waals surface area contributed by atoms with E-state index in [9.17, 15) is 17.6 Å². The Morgan fingerprint density at radius 2 is 2.08 bits per heavy atom. The lowest BCUT2D eigenvalue weighted by molar-refractivity contribution is -0.119. The molecule has 0 bridgehead atoms. The maximum Gasteiger partial charge on any atom is 0.280 e. The van der Waals surface area contributed by atoms with Crippen LogP contribution >= 0.6 is 13.5 Å². The Bertz CT molecular complexity index is 784. The fraction of sp³-hybridized carbons (Fsp3) is 0.562. The highest BCUT2D eigenvalue weighted by Crippen LogP contribution is 2.24. The number of nitrogens with zero attached hydrogens (tertiary/aromatic N) is 1. The summed E-state index contributed by atoms with van der Waals surface area (Å²) in [7, 11) is -3.66. The Hall–Kier alpha value is -1.20. The lowest BCUT2D eigenvalue weighted by atomic mass is 10.0. The molecular formula is C16H24FN3O4S2. The molecule has 146 valence electrons. The molecule has 2 fully saturated rings. The first kappa shape index (κ1) is 21.1. The topological polar surface area (TPSA) is 87.7 Å². The molecule has 0 aromatic heterocycles. The Morgan fingerprint density at radius 1 is 1.38 bits per heavy atom. The first-order valence-electron chi connectivity index (χ1n) is 8.12. The third kappa shape index (κ3) is 4.55. The number of hydrogen-bond acceptors (Lipinski definition) is 4. The zero-order valence-electron chi connectivity index (χ0n) is 14.7. The molecule has 7 nitrogen and oxygen atoms in total. The highest BCUT2D eigenvalue weighted by molar-refractivity contribution is 7.87. The Morgan fingerprint density at radius 3 is 2.65 bits per heavy atom. The Kier molecular flexibility index (Phi) is 6.34. The highest BCUT2D eigenvalue weighted by atomic mass is 32.2. The van der Waals surface area contributed by atoms with Crippen molar-refractivity contribution in [3.63, 3.8) is 0 Å². The maximum absolute atomic E-state index is 13.3. The second kappa shape index (κ2) is 7.81. The van der Waals surface area contributed by atoms with E-state index in [1.807, 2.05) is 0 Å². The molecule has 0 radical (unpaired) electrons. The zero-order valence-corrected chi connectivity index (χ0v) is 16.5. The molecule has 1 atom stereocenters. The predicted molar refractivity (Wildman–Crippen MR) is 101 cm³/mol. The molecule has 2 saturated heterocycles. The van der Waals surface area contributed by atoms with E-state index < -0.39 is 21.7 Å². The minimum atomic E-state index is -3.66. The predicted octanol–water partition coefficient (Wildman–Crippen LogP) is 1.13. The lowest BCUT2D eigenvalue weighted by Crippen LogP contribution is -2.62. The number of carbonyl (C=O) groups is 1. The molecule has 0 saturated carbocycles. The quantitative estimate of drug-likeness (QED) is 0.769. The second-order valence-corrected chi connectivity index (χ2v) is 8.63. The number of ether oxygens (including phenoxy) is 1. The summed E-state index contributed by atoms with van der Waals surface area (Å²) in [6.45, 7) is 4.49. The van der Waals surface area contributed by atoms with Crippen LogP contribution in [-0.4, -0.2) is 50.5 Å². The van der Waals surface area contributed by atoms with Crippen LogP contribution < -0.4 is 10.0 Å². The third-order valence-corrected chi connectivity index (χ3v) is 6.27. The number of nitrogens with one attached hydrogen (secondary N) is 2.